The molecule has 1 aromatic rings. The van der Waals surface area contributed by atoms with Crippen LogP contribution in [-0.2, 0) is 5.60 Å². The predicted octanol–water partition coefficient (Wildman–Crippen LogP) is 3.99. The Morgan fingerprint density at radius 3 is 2.72 bits per heavy atom. The first-order valence-corrected chi connectivity index (χ1v) is 6.91. The largest absolute Gasteiger partial charge is 0.496 e. The Hall–Kier alpha value is -0.730. The van der Waals surface area contributed by atoms with E-state index in [1.165, 1.54) is 6.42 Å². The van der Waals surface area contributed by atoms with Crippen LogP contribution in [0, 0.1) is 11.8 Å². The van der Waals surface area contributed by atoms with Gasteiger partial charge in [-0.25, -0.2) is 0 Å². The van der Waals surface area contributed by atoms with Gasteiger partial charge in [-0.3, -0.25) is 0 Å². The van der Waals surface area contributed by atoms with Crippen LogP contribution in [0.4, 0.5) is 0 Å². The molecule has 3 heteroatoms. The lowest BCUT2D eigenvalue weighted by Crippen LogP contribution is -2.39. The molecule has 2 nitrogen and oxygen atoms in total. The summed E-state index contributed by atoms with van der Waals surface area (Å²) < 4.78 is 5.38. The van der Waals surface area contributed by atoms with Crippen molar-refractivity contribution in [3.63, 3.8) is 0 Å². The Labute approximate surface area is 114 Å². The second-order valence-corrected chi connectivity index (χ2v) is 5.99. The van der Waals surface area contributed by atoms with Crippen LogP contribution in [0.25, 0.3) is 0 Å². The highest BCUT2D eigenvalue weighted by molar-refractivity contribution is 6.30. The summed E-state index contributed by atoms with van der Waals surface area (Å²) in [5.74, 6) is 1.47. The molecule has 100 valence electrons. The Kier molecular flexibility index (Phi) is 3.88. The minimum absolute atomic E-state index is 0.223. The maximum atomic E-state index is 11.1. The molecule has 0 spiro atoms. The highest BCUT2D eigenvalue weighted by Gasteiger charge is 2.42. The number of benzene rings is 1. The van der Waals surface area contributed by atoms with Gasteiger partial charge in [0.15, 0.2) is 0 Å². The summed E-state index contributed by atoms with van der Waals surface area (Å²) in [6, 6.07) is 5.47. The minimum Gasteiger partial charge on any atom is -0.496 e. The Morgan fingerprint density at radius 2 is 2.06 bits per heavy atom. The van der Waals surface area contributed by atoms with Crippen LogP contribution in [0.3, 0.4) is 0 Å². The van der Waals surface area contributed by atoms with Gasteiger partial charge in [-0.05, 0) is 42.9 Å². The molecule has 1 saturated carbocycles. The van der Waals surface area contributed by atoms with Gasteiger partial charge >= 0.3 is 0 Å². The van der Waals surface area contributed by atoms with Crippen molar-refractivity contribution in [1.29, 1.82) is 0 Å². The molecular formula is C15H21ClO2. The van der Waals surface area contributed by atoms with Gasteiger partial charge in [0.1, 0.15) is 5.75 Å². The second-order valence-electron chi connectivity index (χ2n) is 5.56. The summed E-state index contributed by atoms with van der Waals surface area (Å²) in [7, 11) is 1.63. The van der Waals surface area contributed by atoms with Crippen molar-refractivity contribution in [3.05, 3.63) is 28.8 Å². The fourth-order valence-corrected chi connectivity index (χ4v) is 3.17. The number of halogens is 1. The number of methoxy groups -OCH3 is 1. The van der Waals surface area contributed by atoms with Gasteiger partial charge in [-0.2, -0.15) is 0 Å². The van der Waals surface area contributed by atoms with Gasteiger partial charge in [0.25, 0.3) is 0 Å². The molecule has 18 heavy (non-hydrogen) atoms. The molecule has 1 N–H and O–H groups in total. The van der Waals surface area contributed by atoms with Crippen molar-refractivity contribution in [2.75, 3.05) is 7.11 Å². The van der Waals surface area contributed by atoms with E-state index in [1.807, 2.05) is 12.1 Å². The Morgan fingerprint density at radius 1 is 1.33 bits per heavy atom. The Balaban J connectivity index is 2.47. The molecule has 2 rings (SSSR count). The summed E-state index contributed by atoms with van der Waals surface area (Å²) in [6.07, 6.45) is 2.98. The van der Waals surface area contributed by atoms with Crippen LogP contribution in [-0.4, -0.2) is 12.2 Å². The van der Waals surface area contributed by atoms with E-state index < -0.39 is 5.60 Å². The summed E-state index contributed by atoms with van der Waals surface area (Å²) in [6.45, 7) is 4.29. The van der Waals surface area contributed by atoms with Crippen molar-refractivity contribution in [2.45, 2.75) is 38.7 Å². The van der Waals surface area contributed by atoms with E-state index in [1.54, 1.807) is 13.2 Å². The van der Waals surface area contributed by atoms with Crippen LogP contribution >= 0.6 is 11.6 Å². The lowest BCUT2D eigenvalue weighted by Gasteiger charge is -2.42. The zero-order valence-electron chi connectivity index (χ0n) is 11.2. The first-order valence-electron chi connectivity index (χ1n) is 6.53. The zero-order valence-corrected chi connectivity index (χ0v) is 12.0. The molecule has 0 saturated heterocycles. The van der Waals surface area contributed by atoms with E-state index in [-0.39, 0.29) is 5.92 Å². The summed E-state index contributed by atoms with van der Waals surface area (Å²) >= 11 is 6.07. The fourth-order valence-electron chi connectivity index (χ4n) is 3.00. The Bertz CT molecular complexity index is 433. The minimum atomic E-state index is -0.825. The lowest BCUT2D eigenvalue weighted by molar-refractivity contribution is -0.0641. The van der Waals surface area contributed by atoms with Gasteiger partial charge in [0, 0.05) is 10.6 Å². The molecule has 0 bridgehead atoms. The molecule has 0 amide bonds. The van der Waals surface area contributed by atoms with Crippen LogP contribution in [0.2, 0.25) is 5.02 Å². The third-order valence-electron chi connectivity index (χ3n) is 4.20. The molecule has 0 heterocycles. The summed E-state index contributed by atoms with van der Waals surface area (Å²) in [4.78, 5) is 0. The van der Waals surface area contributed by atoms with Crippen molar-refractivity contribution in [3.8, 4) is 5.75 Å². The maximum absolute atomic E-state index is 11.1. The number of ether oxygens (including phenoxy) is 1. The van der Waals surface area contributed by atoms with Crippen molar-refractivity contribution >= 4 is 11.6 Å². The van der Waals surface area contributed by atoms with Crippen LogP contribution in [0.1, 0.15) is 38.7 Å². The number of rotatable bonds is 2. The SMILES string of the molecule is COc1ccc(Cl)cc1C1(O)CC(C)CCC1C. The standard InChI is InChI=1S/C15H21ClO2/c1-10-4-5-11(2)15(17,9-10)13-8-12(16)6-7-14(13)18-3/h6-8,10-11,17H,4-5,9H2,1-3H3. The molecule has 1 aliphatic carbocycles. The normalized spacial score (nSPS) is 32.3. The quantitative estimate of drug-likeness (QED) is 0.879. The third-order valence-corrected chi connectivity index (χ3v) is 4.43. The molecule has 1 aromatic carbocycles. The van der Waals surface area contributed by atoms with Crippen LogP contribution in [0.15, 0.2) is 18.2 Å². The predicted molar refractivity (Wildman–Crippen MR) is 74.1 cm³/mol. The van der Waals surface area contributed by atoms with Crippen molar-refractivity contribution in [1.82, 2.24) is 0 Å². The number of hydrogen-bond acceptors (Lipinski definition) is 2. The fraction of sp³-hybridized carbons (Fsp3) is 0.600. The van der Waals surface area contributed by atoms with E-state index >= 15 is 0 Å². The molecule has 1 fully saturated rings. The lowest BCUT2D eigenvalue weighted by atomic mass is 9.68. The second kappa shape index (κ2) is 5.10. The van der Waals surface area contributed by atoms with Crippen molar-refractivity contribution < 1.29 is 9.84 Å². The van der Waals surface area contributed by atoms with Gasteiger partial charge < -0.3 is 9.84 Å². The number of hydrogen-bond donors (Lipinski definition) is 1. The van der Waals surface area contributed by atoms with Crippen molar-refractivity contribution in [2.24, 2.45) is 11.8 Å². The molecule has 1 aliphatic rings. The smallest absolute Gasteiger partial charge is 0.125 e. The average Bonchev–Trinajstić information content (AvgIpc) is 2.34. The first-order chi connectivity index (χ1) is 8.47. The number of aliphatic hydroxyl groups is 1. The van der Waals surface area contributed by atoms with Gasteiger partial charge in [-0.15, -0.1) is 0 Å². The van der Waals surface area contributed by atoms with E-state index in [2.05, 4.69) is 13.8 Å². The highest BCUT2D eigenvalue weighted by Crippen LogP contribution is 2.47. The monoisotopic (exact) mass is 268 g/mol. The zero-order chi connectivity index (χ0) is 13.3. The molecule has 0 radical (unpaired) electrons. The third kappa shape index (κ3) is 2.36. The molecule has 3 unspecified atom stereocenters. The van der Waals surface area contributed by atoms with E-state index in [4.69, 9.17) is 16.3 Å². The summed E-state index contributed by atoms with van der Waals surface area (Å²) in [5, 5.41) is 11.7. The highest BCUT2D eigenvalue weighted by atomic mass is 35.5. The average molecular weight is 269 g/mol. The molecule has 0 aromatic heterocycles. The topological polar surface area (TPSA) is 29.5 Å². The van der Waals surface area contributed by atoms with Crippen LogP contribution < -0.4 is 4.74 Å². The van der Waals surface area contributed by atoms with Gasteiger partial charge in [0.2, 0.25) is 0 Å². The molecule has 0 aliphatic heterocycles. The van der Waals surface area contributed by atoms with Gasteiger partial charge in [0.05, 0.1) is 12.7 Å². The molecular weight excluding hydrogens is 248 g/mol. The first kappa shape index (κ1) is 13.7. The van der Waals surface area contributed by atoms with E-state index in [0.29, 0.717) is 10.9 Å². The van der Waals surface area contributed by atoms with E-state index in [9.17, 15) is 5.11 Å². The van der Waals surface area contributed by atoms with Gasteiger partial charge in [-0.1, -0.05) is 31.9 Å². The summed E-state index contributed by atoms with van der Waals surface area (Å²) in [5.41, 5.74) is 0.00465. The van der Waals surface area contributed by atoms with E-state index in [0.717, 1.165) is 24.2 Å². The maximum Gasteiger partial charge on any atom is 0.125 e. The molecule has 3 atom stereocenters. The van der Waals surface area contributed by atoms with Crippen LogP contribution in [0.5, 0.6) is 5.75 Å².